The summed E-state index contributed by atoms with van der Waals surface area (Å²) in [5.74, 6) is 0. The molecule has 0 aliphatic carbocycles. The van der Waals surface area contributed by atoms with Crippen molar-refractivity contribution in [1.29, 1.82) is 0 Å². The van der Waals surface area contributed by atoms with Gasteiger partial charge in [0.25, 0.3) is 0 Å². The predicted molar refractivity (Wildman–Crippen MR) is 77.0 cm³/mol. The highest BCUT2D eigenvalue weighted by molar-refractivity contribution is 4.79. The maximum atomic E-state index is 2.63. The monoisotopic (exact) mass is 229 g/mol. The average molecular weight is 229 g/mol. The van der Waals surface area contributed by atoms with E-state index >= 15 is 0 Å². The summed E-state index contributed by atoms with van der Waals surface area (Å²) in [4.78, 5) is 2.63. The second-order valence-corrected chi connectivity index (χ2v) is 5.15. The molecule has 0 amide bonds. The minimum Gasteiger partial charge on any atom is -0.301 e. The van der Waals surface area contributed by atoms with Crippen LogP contribution < -0.4 is 0 Å². The maximum absolute atomic E-state index is 2.63. The molecule has 1 fully saturated rings. The van der Waals surface area contributed by atoms with Crippen molar-refractivity contribution in [2.45, 2.75) is 80.7 Å². The van der Waals surface area contributed by atoms with Gasteiger partial charge in [-0.25, -0.2) is 0 Å². The predicted octanol–water partition coefficient (Wildman–Crippen LogP) is 4.96. The van der Waals surface area contributed by atoms with Gasteiger partial charge >= 0.3 is 0 Å². The first-order valence-electron chi connectivity index (χ1n) is 6.81. The summed E-state index contributed by atoms with van der Waals surface area (Å²) in [5.41, 5.74) is 0.629. The van der Waals surface area contributed by atoms with E-state index in [1.807, 2.05) is 13.8 Å². The van der Waals surface area contributed by atoms with Crippen LogP contribution in [-0.4, -0.2) is 24.0 Å². The molecule has 0 aromatic heterocycles. The third-order valence-electron chi connectivity index (χ3n) is 3.81. The van der Waals surface area contributed by atoms with Crippen molar-refractivity contribution in [1.82, 2.24) is 4.90 Å². The fourth-order valence-corrected chi connectivity index (χ4v) is 2.23. The lowest BCUT2D eigenvalue weighted by molar-refractivity contribution is 0.210. The first kappa shape index (κ1) is 18.3. The van der Waals surface area contributed by atoms with Crippen molar-refractivity contribution < 1.29 is 0 Å². The number of hydrogen-bond acceptors (Lipinski definition) is 1. The van der Waals surface area contributed by atoms with E-state index in [9.17, 15) is 0 Å². The van der Waals surface area contributed by atoms with E-state index < -0.39 is 0 Å². The molecule has 0 bridgehead atoms. The Morgan fingerprint density at radius 1 is 1.12 bits per heavy atom. The largest absolute Gasteiger partial charge is 0.301 e. The van der Waals surface area contributed by atoms with Gasteiger partial charge in [-0.05, 0) is 51.6 Å². The highest BCUT2D eigenvalue weighted by atomic mass is 15.1. The average Bonchev–Trinajstić information content (AvgIpc) is 2.44. The number of likely N-dealkylation sites (tertiary alicyclic amines) is 1. The lowest BCUT2D eigenvalue weighted by atomic mass is 9.80. The summed E-state index contributed by atoms with van der Waals surface area (Å²) in [7, 11) is 0. The fraction of sp³-hybridized carbons (Fsp3) is 1.00. The summed E-state index contributed by atoms with van der Waals surface area (Å²) in [5, 5.41) is 0. The molecule has 0 saturated carbocycles. The zero-order chi connectivity index (χ0) is 11.9. The Morgan fingerprint density at radius 3 is 2.12 bits per heavy atom. The van der Waals surface area contributed by atoms with Gasteiger partial charge in [0.2, 0.25) is 0 Å². The number of hydrogen-bond donors (Lipinski definition) is 0. The second-order valence-electron chi connectivity index (χ2n) is 5.15. The molecule has 100 valence electrons. The molecule has 0 spiro atoms. The molecular formula is C15H35N. The van der Waals surface area contributed by atoms with Gasteiger partial charge in [0.15, 0.2) is 0 Å². The number of nitrogens with zero attached hydrogens (tertiary/aromatic N) is 1. The van der Waals surface area contributed by atoms with E-state index in [1.54, 1.807) is 0 Å². The summed E-state index contributed by atoms with van der Waals surface area (Å²) < 4.78 is 0. The minimum atomic E-state index is 0. The van der Waals surface area contributed by atoms with E-state index in [-0.39, 0.29) is 7.43 Å². The maximum Gasteiger partial charge on any atom is 0.00385 e. The lowest BCUT2D eigenvalue weighted by Gasteiger charge is -2.28. The Hall–Kier alpha value is -0.0400. The SMILES string of the molecule is C.CC.CCC1(C)CCCN(C(C)C)CC1. The first-order valence-corrected chi connectivity index (χ1v) is 6.81. The molecule has 0 radical (unpaired) electrons. The standard InChI is InChI=1S/C12H25N.C2H6.CH4/c1-5-12(4)7-6-9-13(10-8-12)11(2)3;1-2;/h11H,5-10H2,1-4H3;1-2H3;1H4. The normalized spacial score (nSPS) is 26.4. The zero-order valence-corrected chi connectivity index (χ0v) is 11.8. The van der Waals surface area contributed by atoms with Crippen LogP contribution >= 0.6 is 0 Å². The third kappa shape index (κ3) is 5.89. The van der Waals surface area contributed by atoms with E-state index in [4.69, 9.17) is 0 Å². The Kier molecular flexibility index (Phi) is 10.4. The van der Waals surface area contributed by atoms with Crippen molar-refractivity contribution in [2.75, 3.05) is 13.1 Å². The van der Waals surface area contributed by atoms with E-state index in [2.05, 4.69) is 32.6 Å². The van der Waals surface area contributed by atoms with Gasteiger partial charge in [-0.3, -0.25) is 0 Å². The smallest absolute Gasteiger partial charge is 0.00385 e. The quantitative estimate of drug-likeness (QED) is 0.647. The molecule has 1 saturated heterocycles. The van der Waals surface area contributed by atoms with Crippen molar-refractivity contribution >= 4 is 0 Å². The van der Waals surface area contributed by atoms with Crippen molar-refractivity contribution in [3.05, 3.63) is 0 Å². The summed E-state index contributed by atoms with van der Waals surface area (Å²) in [6.45, 7) is 16.0. The van der Waals surface area contributed by atoms with Crippen LogP contribution in [0, 0.1) is 5.41 Å². The van der Waals surface area contributed by atoms with Crippen molar-refractivity contribution in [2.24, 2.45) is 5.41 Å². The number of rotatable bonds is 2. The molecule has 0 N–H and O–H groups in total. The van der Waals surface area contributed by atoms with Gasteiger partial charge in [0.1, 0.15) is 0 Å². The molecule has 0 aromatic carbocycles. The molecule has 16 heavy (non-hydrogen) atoms. The zero-order valence-electron chi connectivity index (χ0n) is 11.8. The molecule has 1 unspecified atom stereocenters. The van der Waals surface area contributed by atoms with E-state index in [0.717, 1.165) is 6.04 Å². The van der Waals surface area contributed by atoms with Crippen LogP contribution in [0.4, 0.5) is 0 Å². The summed E-state index contributed by atoms with van der Waals surface area (Å²) in [6.07, 6.45) is 5.55. The van der Waals surface area contributed by atoms with Crippen molar-refractivity contribution in [3.8, 4) is 0 Å². The highest BCUT2D eigenvalue weighted by Crippen LogP contribution is 2.34. The topological polar surface area (TPSA) is 3.24 Å². The minimum absolute atomic E-state index is 0. The van der Waals surface area contributed by atoms with Crippen LogP contribution in [0.2, 0.25) is 0 Å². The third-order valence-corrected chi connectivity index (χ3v) is 3.81. The summed E-state index contributed by atoms with van der Waals surface area (Å²) >= 11 is 0. The van der Waals surface area contributed by atoms with Crippen LogP contribution in [0.3, 0.4) is 0 Å². The van der Waals surface area contributed by atoms with Crippen LogP contribution in [0.15, 0.2) is 0 Å². The van der Waals surface area contributed by atoms with E-state index in [0.29, 0.717) is 5.41 Å². The Bertz CT molecular complexity index is 154. The Morgan fingerprint density at radius 2 is 1.69 bits per heavy atom. The van der Waals surface area contributed by atoms with Crippen LogP contribution in [0.25, 0.3) is 0 Å². The molecule has 1 nitrogen and oxygen atoms in total. The molecule has 0 aromatic rings. The highest BCUT2D eigenvalue weighted by Gasteiger charge is 2.26. The van der Waals surface area contributed by atoms with Gasteiger partial charge in [0.05, 0.1) is 0 Å². The second kappa shape index (κ2) is 9.04. The first-order chi connectivity index (χ1) is 7.07. The Balaban J connectivity index is 0. The van der Waals surface area contributed by atoms with E-state index in [1.165, 1.54) is 38.8 Å². The molecule has 1 heterocycles. The fourth-order valence-electron chi connectivity index (χ4n) is 2.23. The summed E-state index contributed by atoms with van der Waals surface area (Å²) in [6, 6.07) is 0.735. The molecule has 1 aliphatic heterocycles. The van der Waals surface area contributed by atoms with Crippen LogP contribution in [0.1, 0.15) is 74.7 Å². The lowest BCUT2D eigenvalue weighted by Crippen LogP contribution is -2.32. The van der Waals surface area contributed by atoms with Gasteiger partial charge in [-0.1, -0.05) is 41.5 Å². The van der Waals surface area contributed by atoms with Gasteiger partial charge in [-0.15, -0.1) is 0 Å². The van der Waals surface area contributed by atoms with Crippen LogP contribution in [-0.2, 0) is 0 Å². The van der Waals surface area contributed by atoms with Crippen molar-refractivity contribution in [3.63, 3.8) is 0 Å². The molecule has 1 atom stereocenters. The molecule has 1 heteroatoms. The Labute approximate surface area is 105 Å². The van der Waals surface area contributed by atoms with Gasteiger partial charge in [-0.2, -0.15) is 0 Å². The van der Waals surface area contributed by atoms with Gasteiger partial charge < -0.3 is 4.90 Å². The molecular weight excluding hydrogens is 194 g/mol. The van der Waals surface area contributed by atoms with Gasteiger partial charge in [0, 0.05) is 6.04 Å². The van der Waals surface area contributed by atoms with Crippen LogP contribution in [0.5, 0.6) is 0 Å². The molecule has 1 rings (SSSR count). The molecule has 1 aliphatic rings.